The van der Waals surface area contributed by atoms with Gasteiger partial charge in [-0.3, -0.25) is 0 Å². The molecular weight excluding hydrogens is 756 g/mol. The summed E-state index contributed by atoms with van der Waals surface area (Å²) in [6, 6.07) is 55.8. The monoisotopic (exact) mass is 812 g/mol. The van der Waals surface area contributed by atoms with Crippen LogP contribution in [0.15, 0.2) is 150 Å². The molecule has 4 heteroatoms. The summed E-state index contributed by atoms with van der Waals surface area (Å²) in [4.78, 5) is 6.36. The zero-order chi connectivity index (χ0) is 42.5. The van der Waals surface area contributed by atoms with Gasteiger partial charge in [-0.25, -0.2) is 0 Å². The second-order valence-electron chi connectivity index (χ2n) is 19.5. The van der Waals surface area contributed by atoms with Crippen molar-refractivity contribution in [3.63, 3.8) is 0 Å². The lowest BCUT2D eigenvalue weighted by molar-refractivity contribution is 0.631. The Labute approximate surface area is 369 Å². The van der Waals surface area contributed by atoms with Gasteiger partial charge in [0.1, 0.15) is 0 Å². The molecule has 0 N–H and O–H groups in total. The second kappa shape index (κ2) is 14.6. The number of nitrogens with zero attached hydrogens (tertiary/aromatic N) is 2. The molecule has 7 aromatic rings. The van der Waals surface area contributed by atoms with Crippen LogP contribution in [0.5, 0.6) is 0 Å². The van der Waals surface area contributed by atoms with Gasteiger partial charge in [-0.05, 0) is 122 Å². The third kappa shape index (κ3) is 6.15. The van der Waals surface area contributed by atoms with Crippen LogP contribution in [-0.4, -0.2) is 5.99 Å². The summed E-state index contributed by atoms with van der Waals surface area (Å²) in [6.07, 6.45) is 0. The van der Waals surface area contributed by atoms with Gasteiger partial charge in [0, 0.05) is 27.1 Å². The molecule has 3 heterocycles. The number of benzene rings is 7. The molecule has 2 nitrogen and oxygen atoms in total. The number of para-hydroxylation sites is 4. The number of hydrogen-bond donors (Lipinski definition) is 0. The molecule has 10 rings (SSSR count). The minimum atomic E-state index is -0.126. The van der Waals surface area contributed by atoms with E-state index in [0.717, 1.165) is 0 Å². The fourth-order valence-electron chi connectivity index (χ4n) is 10.7. The predicted octanol–water partition coefficient (Wildman–Crippen LogP) is 15.2. The van der Waals surface area contributed by atoms with Crippen molar-refractivity contribution in [2.75, 3.05) is 9.80 Å². The number of hydrogen-bond acceptors (Lipinski definition) is 3. The van der Waals surface area contributed by atoms with Crippen LogP contribution in [0, 0.1) is 0 Å². The highest BCUT2D eigenvalue weighted by atomic mass is 32.2. The molecule has 0 unspecified atom stereocenters. The number of fused-ring (bicyclic) bond motifs is 7. The van der Waals surface area contributed by atoms with E-state index < -0.39 is 0 Å². The van der Waals surface area contributed by atoms with Gasteiger partial charge in [-0.2, -0.15) is 11.6 Å². The minimum Gasteiger partial charge on any atom is -0.310 e. The molecule has 0 amide bonds. The molecule has 3 aliphatic rings. The standard InChI is InChI=1S/C57H57BN2S/c1-35(2)38-31-41(36(3)4)55(42(32-38)37(5)6)58-49-29-27-39(59-50-23-15-11-19-45(50)56(7,8)46-20-12-16-24-51(46)59)33-43(49)44-34-40(28-30-54(44)61-58)60-52-25-17-13-21-47(52)57(9,10)48-22-14-18-26-53(48)60/h11-37H,1-10H3. The Balaban J connectivity index is 1.23. The first-order valence-electron chi connectivity index (χ1n) is 22.4. The summed E-state index contributed by atoms with van der Waals surface area (Å²) >= 11 is 2.04. The van der Waals surface area contributed by atoms with Crippen molar-refractivity contribution < 1.29 is 0 Å². The van der Waals surface area contributed by atoms with Crippen molar-refractivity contribution in [3.8, 4) is 11.1 Å². The van der Waals surface area contributed by atoms with E-state index in [0.29, 0.717) is 17.8 Å². The third-order valence-corrected chi connectivity index (χ3v) is 15.4. The fraction of sp³-hybridized carbons (Fsp3) is 0.263. The highest BCUT2D eigenvalue weighted by molar-refractivity contribution is 8.28. The molecule has 0 radical (unpaired) electrons. The molecule has 7 aromatic carbocycles. The van der Waals surface area contributed by atoms with Crippen LogP contribution in [0.3, 0.4) is 0 Å². The molecule has 3 aliphatic heterocycles. The van der Waals surface area contributed by atoms with Gasteiger partial charge in [0.25, 0.3) is 5.99 Å². The summed E-state index contributed by atoms with van der Waals surface area (Å²) in [5, 5.41) is 0. The van der Waals surface area contributed by atoms with E-state index in [1.165, 1.54) is 100 Å². The first kappa shape index (κ1) is 39.7. The van der Waals surface area contributed by atoms with Crippen molar-refractivity contribution >= 4 is 62.7 Å². The van der Waals surface area contributed by atoms with E-state index in [-0.39, 0.29) is 16.8 Å². The molecule has 0 atom stereocenters. The van der Waals surface area contributed by atoms with Crippen molar-refractivity contribution in [1.29, 1.82) is 0 Å². The van der Waals surface area contributed by atoms with E-state index in [1.54, 1.807) is 0 Å². The van der Waals surface area contributed by atoms with Gasteiger partial charge in [0.15, 0.2) is 0 Å². The van der Waals surface area contributed by atoms with Gasteiger partial charge in [0.2, 0.25) is 0 Å². The maximum absolute atomic E-state index is 2.53. The van der Waals surface area contributed by atoms with Gasteiger partial charge in [0.05, 0.1) is 22.7 Å². The molecule has 0 saturated heterocycles. The second-order valence-corrected chi connectivity index (χ2v) is 20.7. The Morgan fingerprint density at radius 1 is 0.443 bits per heavy atom. The average molecular weight is 813 g/mol. The van der Waals surface area contributed by atoms with Crippen LogP contribution in [0.2, 0.25) is 0 Å². The molecule has 0 aromatic heterocycles. The minimum absolute atomic E-state index is 0.120. The normalized spacial score (nSPS) is 15.6. The van der Waals surface area contributed by atoms with E-state index in [4.69, 9.17) is 0 Å². The highest BCUT2D eigenvalue weighted by Crippen LogP contribution is 2.55. The largest absolute Gasteiger partial charge is 0.310 e. The lowest BCUT2D eigenvalue weighted by atomic mass is 9.54. The van der Waals surface area contributed by atoms with Gasteiger partial charge in [-0.15, -0.1) is 0 Å². The lowest BCUT2D eigenvalue weighted by Crippen LogP contribution is -2.46. The van der Waals surface area contributed by atoms with E-state index in [1.807, 2.05) is 11.6 Å². The summed E-state index contributed by atoms with van der Waals surface area (Å²) in [5.74, 6) is 1.40. The van der Waals surface area contributed by atoms with Crippen molar-refractivity contribution in [3.05, 3.63) is 185 Å². The van der Waals surface area contributed by atoms with Gasteiger partial charge in [-0.1, -0.05) is 171 Å². The Kier molecular flexibility index (Phi) is 9.49. The summed E-state index contributed by atoms with van der Waals surface area (Å²) < 4.78 is 0. The number of rotatable bonds is 6. The van der Waals surface area contributed by atoms with Crippen LogP contribution >= 0.6 is 11.6 Å². The van der Waals surface area contributed by atoms with Crippen LogP contribution in [0.25, 0.3) is 11.1 Å². The van der Waals surface area contributed by atoms with Crippen LogP contribution in [0.4, 0.5) is 34.1 Å². The molecule has 0 saturated carbocycles. The molecule has 0 spiro atoms. The molecule has 0 fully saturated rings. The zero-order valence-electron chi connectivity index (χ0n) is 37.5. The first-order valence-corrected chi connectivity index (χ1v) is 23.3. The smallest absolute Gasteiger partial charge is 0.282 e. The van der Waals surface area contributed by atoms with Gasteiger partial charge < -0.3 is 9.80 Å². The molecule has 0 bridgehead atoms. The van der Waals surface area contributed by atoms with Crippen molar-refractivity contribution in [1.82, 2.24) is 0 Å². The molecule has 304 valence electrons. The van der Waals surface area contributed by atoms with Crippen LogP contribution < -0.4 is 20.7 Å². The topological polar surface area (TPSA) is 6.48 Å². The average Bonchev–Trinajstić information content (AvgIpc) is 3.26. The van der Waals surface area contributed by atoms with Crippen molar-refractivity contribution in [2.45, 2.75) is 103 Å². The molecular formula is C57H57BN2S. The summed E-state index contributed by atoms with van der Waals surface area (Å²) in [7, 11) is 0. The maximum atomic E-state index is 2.53. The zero-order valence-corrected chi connectivity index (χ0v) is 38.3. The quantitative estimate of drug-likeness (QED) is 0.154. The van der Waals surface area contributed by atoms with E-state index >= 15 is 0 Å². The third-order valence-electron chi connectivity index (χ3n) is 14.0. The Morgan fingerprint density at radius 2 is 0.836 bits per heavy atom. The predicted molar refractivity (Wildman–Crippen MR) is 265 cm³/mol. The first-order chi connectivity index (χ1) is 29.3. The van der Waals surface area contributed by atoms with E-state index in [2.05, 4.69) is 225 Å². The Bertz CT molecular complexity index is 2740. The van der Waals surface area contributed by atoms with Crippen LogP contribution in [-0.2, 0) is 10.8 Å². The fourth-order valence-corrected chi connectivity index (χ4v) is 12.1. The number of anilines is 6. The van der Waals surface area contributed by atoms with Crippen molar-refractivity contribution in [2.24, 2.45) is 0 Å². The lowest BCUT2D eigenvalue weighted by Gasteiger charge is -2.42. The van der Waals surface area contributed by atoms with Crippen LogP contribution in [0.1, 0.15) is 126 Å². The molecule has 0 aliphatic carbocycles. The summed E-state index contributed by atoms with van der Waals surface area (Å²) in [5.41, 5.74) is 22.4. The molecule has 61 heavy (non-hydrogen) atoms. The maximum Gasteiger partial charge on any atom is 0.282 e. The Morgan fingerprint density at radius 3 is 1.25 bits per heavy atom. The van der Waals surface area contributed by atoms with E-state index in [9.17, 15) is 0 Å². The Hall–Kier alpha value is -5.45. The SMILES string of the molecule is CC(C)c1cc(C(C)C)c(B2Sc3ccc(N4c5ccccc5C(C)(C)c5ccccc54)cc3-c3cc(N4c5ccccc5C(C)(C)c5ccccc54)ccc32)c(C(C)C)c1. The van der Waals surface area contributed by atoms with Gasteiger partial charge >= 0.3 is 0 Å². The highest BCUT2D eigenvalue weighted by Gasteiger charge is 2.40. The summed E-state index contributed by atoms with van der Waals surface area (Å²) in [6.45, 7) is 23.7.